The summed E-state index contributed by atoms with van der Waals surface area (Å²) in [6.45, 7) is 0. The van der Waals surface area contributed by atoms with Gasteiger partial charge in [-0.1, -0.05) is 17.7 Å². The number of hydrogen-bond acceptors (Lipinski definition) is 3. The Balaban J connectivity index is 2.18. The largest absolute Gasteiger partial charge is 0.306 e. The van der Waals surface area contributed by atoms with Crippen LogP contribution in [0.2, 0.25) is 5.02 Å². The molecule has 0 saturated carbocycles. The number of nitro benzene ring substituents is 1. The number of nitro groups is 1. The van der Waals surface area contributed by atoms with Gasteiger partial charge >= 0.3 is 0 Å². The summed E-state index contributed by atoms with van der Waals surface area (Å²) in [5, 5.41) is 11.0. The molecule has 0 aliphatic carbocycles. The predicted molar refractivity (Wildman–Crippen MR) is 80.0 cm³/mol. The molecule has 100 valence electrons. The molecule has 7 heteroatoms. The average molecular weight is 353 g/mol. The molecular formula is C13H7BrClN3O2. The lowest BCUT2D eigenvalue weighted by Gasteiger charge is -1.98. The molecular weight excluding hydrogens is 346 g/mol. The highest BCUT2D eigenvalue weighted by Gasteiger charge is 2.15. The minimum atomic E-state index is -0.502. The summed E-state index contributed by atoms with van der Waals surface area (Å²) in [4.78, 5) is 14.9. The fourth-order valence-corrected chi connectivity index (χ4v) is 2.56. The maximum Gasteiger partial charge on any atom is 0.288 e. The number of pyridine rings is 1. The van der Waals surface area contributed by atoms with Gasteiger partial charge in [0.15, 0.2) is 5.65 Å². The van der Waals surface area contributed by atoms with Crippen LogP contribution >= 0.6 is 27.5 Å². The Labute approximate surface area is 127 Å². The predicted octanol–water partition coefficient (Wildman–Crippen LogP) is 4.33. The molecule has 0 unspecified atom stereocenters. The molecule has 0 aliphatic heterocycles. The molecule has 0 radical (unpaired) electrons. The molecule has 5 nitrogen and oxygen atoms in total. The standard InChI is InChI=1S/C13H7BrClN3O2/c14-9-2-1-5-17-7-11(16-13(9)17)8-3-4-10(15)12(6-8)18(19)20/h1-7H. The van der Waals surface area contributed by atoms with Gasteiger partial charge in [-0.2, -0.15) is 0 Å². The second-order valence-electron chi connectivity index (χ2n) is 4.14. The third kappa shape index (κ3) is 2.17. The Morgan fingerprint density at radius 1 is 1.35 bits per heavy atom. The van der Waals surface area contributed by atoms with E-state index in [2.05, 4.69) is 20.9 Å². The van der Waals surface area contributed by atoms with Gasteiger partial charge in [-0.3, -0.25) is 10.1 Å². The number of nitrogens with zero attached hydrogens (tertiary/aromatic N) is 3. The van der Waals surface area contributed by atoms with Crippen molar-refractivity contribution in [2.24, 2.45) is 0 Å². The molecule has 0 fully saturated rings. The van der Waals surface area contributed by atoms with Crippen LogP contribution in [-0.2, 0) is 0 Å². The van der Waals surface area contributed by atoms with E-state index in [1.165, 1.54) is 12.1 Å². The van der Waals surface area contributed by atoms with E-state index < -0.39 is 4.92 Å². The van der Waals surface area contributed by atoms with Crippen molar-refractivity contribution in [2.45, 2.75) is 0 Å². The van der Waals surface area contributed by atoms with Crippen molar-refractivity contribution in [1.82, 2.24) is 9.38 Å². The van der Waals surface area contributed by atoms with E-state index in [0.29, 0.717) is 11.3 Å². The molecule has 3 aromatic rings. The summed E-state index contributed by atoms with van der Waals surface area (Å²) < 4.78 is 2.70. The zero-order chi connectivity index (χ0) is 14.3. The van der Waals surface area contributed by atoms with Gasteiger partial charge in [0.2, 0.25) is 0 Å². The summed E-state index contributed by atoms with van der Waals surface area (Å²) in [6.07, 6.45) is 3.67. The van der Waals surface area contributed by atoms with E-state index in [1.54, 1.807) is 6.07 Å². The smallest absolute Gasteiger partial charge is 0.288 e. The van der Waals surface area contributed by atoms with Crippen LogP contribution in [0.3, 0.4) is 0 Å². The maximum absolute atomic E-state index is 10.9. The Kier molecular flexibility index (Phi) is 3.19. The van der Waals surface area contributed by atoms with Crippen molar-refractivity contribution < 1.29 is 4.92 Å². The summed E-state index contributed by atoms with van der Waals surface area (Å²) in [5.41, 5.74) is 1.92. The highest BCUT2D eigenvalue weighted by Crippen LogP contribution is 2.30. The molecule has 0 atom stereocenters. The fourth-order valence-electron chi connectivity index (χ4n) is 1.93. The van der Waals surface area contributed by atoms with E-state index in [-0.39, 0.29) is 10.7 Å². The van der Waals surface area contributed by atoms with Crippen molar-refractivity contribution in [3.8, 4) is 11.3 Å². The number of aromatic nitrogens is 2. The molecule has 1 aromatic carbocycles. The number of halogens is 2. The summed E-state index contributed by atoms with van der Waals surface area (Å²) in [7, 11) is 0. The van der Waals surface area contributed by atoms with Crippen molar-refractivity contribution in [1.29, 1.82) is 0 Å². The van der Waals surface area contributed by atoms with Crippen LogP contribution in [0, 0.1) is 10.1 Å². The lowest BCUT2D eigenvalue weighted by molar-refractivity contribution is -0.384. The minimum absolute atomic E-state index is 0.115. The quantitative estimate of drug-likeness (QED) is 0.509. The maximum atomic E-state index is 10.9. The molecule has 2 aromatic heterocycles. The van der Waals surface area contributed by atoms with Crippen LogP contribution in [0.1, 0.15) is 0 Å². The first-order valence-electron chi connectivity index (χ1n) is 5.64. The molecule has 0 aliphatic rings. The van der Waals surface area contributed by atoms with E-state index in [1.807, 2.05) is 28.9 Å². The Morgan fingerprint density at radius 2 is 2.15 bits per heavy atom. The van der Waals surface area contributed by atoms with Gasteiger partial charge in [-0.05, 0) is 34.1 Å². The summed E-state index contributed by atoms with van der Waals surface area (Å²) in [6, 6.07) is 8.42. The van der Waals surface area contributed by atoms with Crippen molar-refractivity contribution >= 4 is 38.9 Å². The van der Waals surface area contributed by atoms with Crippen LogP contribution in [0.5, 0.6) is 0 Å². The molecule has 3 rings (SSSR count). The first-order valence-corrected chi connectivity index (χ1v) is 6.81. The van der Waals surface area contributed by atoms with Crippen LogP contribution in [-0.4, -0.2) is 14.3 Å². The molecule has 0 amide bonds. The zero-order valence-electron chi connectivity index (χ0n) is 9.96. The second kappa shape index (κ2) is 4.88. The summed E-state index contributed by atoms with van der Waals surface area (Å²) >= 11 is 9.23. The number of fused-ring (bicyclic) bond motifs is 1. The average Bonchev–Trinajstić information content (AvgIpc) is 2.84. The molecule has 0 spiro atoms. The minimum Gasteiger partial charge on any atom is -0.306 e. The number of rotatable bonds is 2. The lowest BCUT2D eigenvalue weighted by Crippen LogP contribution is -1.90. The Hall–Kier alpha value is -1.92. The van der Waals surface area contributed by atoms with E-state index >= 15 is 0 Å². The molecule has 0 saturated heterocycles. The highest BCUT2D eigenvalue weighted by atomic mass is 79.9. The molecule has 0 bridgehead atoms. The van der Waals surface area contributed by atoms with Gasteiger partial charge in [0.1, 0.15) is 5.02 Å². The summed E-state index contributed by atoms with van der Waals surface area (Å²) in [5.74, 6) is 0. The van der Waals surface area contributed by atoms with Gasteiger partial charge in [0.05, 0.1) is 15.1 Å². The van der Waals surface area contributed by atoms with Crippen LogP contribution in [0.4, 0.5) is 5.69 Å². The first-order chi connectivity index (χ1) is 9.56. The van der Waals surface area contributed by atoms with Gasteiger partial charge in [-0.15, -0.1) is 0 Å². The van der Waals surface area contributed by atoms with E-state index in [9.17, 15) is 10.1 Å². The zero-order valence-corrected chi connectivity index (χ0v) is 12.3. The van der Waals surface area contributed by atoms with Crippen LogP contribution in [0.25, 0.3) is 16.9 Å². The third-order valence-corrected chi connectivity index (χ3v) is 3.81. The molecule has 0 N–H and O–H groups in total. The Bertz CT molecular complexity index is 832. The van der Waals surface area contributed by atoms with Gasteiger partial charge < -0.3 is 4.40 Å². The number of imidazole rings is 1. The van der Waals surface area contributed by atoms with Crippen molar-refractivity contribution in [3.63, 3.8) is 0 Å². The number of hydrogen-bond donors (Lipinski definition) is 0. The molecule has 2 heterocycles. The topological polar surface area (TPSA) is 60.4 Å². The van der Waals surface area contributed by atoms with Crippen molar-refractivity contribution in [2.75, 3.05) is 0 Å². The van der Waals surface area contributed by atoms with Gasteiger partial charge in [-0.25, -0.2) is 4.98 Å². The normalized spacial score (nSPS) is 10.9. The SMILES string of the molecule is O=[N+]([O-])c1cc(-c2cn3cccc(Br)c3n2)ccc1Cl. The monoisotopic (exact) mass is 351 g/mol. The fraction of sp³-hybridized carbons (Fsp3) is 0. The highest BCUT2D eigenvalue weighted by molar-refractivity contribution is 9.10. The van der Waals surface area contributed by atoms with Gasteiger partial charge in [0.25, 0.3) is 5.69 Å². The van der Waals surface area contributed by atoms with Gasteiger partial charge in [0, 0.05) is 24.0 Å². The van der Waals surface area contributed by atoms with E-state index in [0.717, 1.165) is 10.1 Å². The second-order valence-corrected chi connectivity index (χ2v) is 5.40. The molecule has 20 heavy (non-hydrogen) atoms. The van der Waals surface area contributed by atoms with E-state index in [4.69, 9.17) is 11.6 Å². The Morgan fingerprint density at radius 3 is 2.85 bits per heavy atom. The van der Waals surface area contributed by atoms with Crippen LogP contribution in [0.15, 0.2) is 47.2 Å². The third-order valence-electron chi connectivity index (χ3n) is 2.87. The lowest BCUT2D eigenvalue weighted by atomic mass is 10.1. The first kappa shape index (κ1) is 13.1. The van der Waals surface area contributed by atoms with Crippen LogP contribution < -0.4 is 0 Å². The number of benzene rings is 1. The van der Waals surface area contributed by atoms with Crippen molar-refractivity contribution in [3.05, 3.63) is 62.3 Å².